The molecule has 0 unspecified atom stereocenters. The van der Waals surface area contributed by atoms with Crippen molar-refractivity contribution in [3.05, 3.63) is 188 Å². The summed E-state index contributed by atoms with van der Waals surface area (Å²) < 4.78 is 8.97. The zero-order valence-electron chi connectivity index (χ0n) is 27.7. The molecule has 51 heavy (non-hydrogen) atoms. The number of benzene rings is 8. The number of hydrogen-bond donors (Lipinski definition) is 0. The average molecular weight is 670 g/mol. The van der Waals surface area contributed by atoms with Crippen LogP contribution in [0.25, 0.3) is 75.5 Å². The molecule has 0 aliphatic rings. The van der Waals surface area contributed by atoms with E-state index in [1.54, 1.807) is 0 Å². The minimum atomic E-state index is 0.877. The molecule has 8 aromatic carbocycles. The van der Waals surface area contributed by atoms with Crippen molar-refractivity contribution < 1.29 is 4.42 Å². The molecule has 0 aliphatic carbocycles. The van der Waals surface area contributed by atoms with Crippen LogP contribution in [0.3, 0.4) is 0 Å². The summed E-state index contributed by atoms with van der Waals surface area (Å²) in [6.45, 7) is 0. The number of anilines is 3. The van der Waals surface area contributed by atoms with E-state index in [2.05, 4.69) is 187 Å². The van der Waals surface area contributed by atoms with E-state index in [0.29, 0.717) is 0 Å². The van der Waals surface area contributed by atoms with Crippen LogP contribution in [0.15, 0.2) is 192 Å². The van der Waals surface area contributed by atoms with Gasteiger partial charge in [-0.15, -0.1) is 11.3 Å². The lowest BCUT2D eigenvalue weighted by atomic mass is 9.94. The minimum Gasteiger partial charge on any atom is -0.456 e. The van der Waals surface area contributed by atoms with E-state index < -0.39 is 0 Å². The van der Waals surface area contributed by atoms with Crippen LogP contribution < -0.4 is 4.90 Å². The third kappa shape index (κ3) is 4.93. The van der Waals surface area contributed by atoms with E-state index >= 15 is 0 Å². The van der Waals surface area contributed by atoms with Crippen LogP contribution >= 0.6 is 11.3 Å². The summed E-state index contributed by atoms with van der Waals surface area (Å²) in [5.74, 6) is 0. The van der Waals surface area contributed by atoms with Crippen LogP contribution in [0.2, 0.25) is 0 Å². The zero-order valence-corrected chi connectivity index (χ0v) is 28.5. The van der Waals surface area contributed by atoms with Crippen LogP contribution in [0, 0.1) is 0 Å². The Balaban J connectivity index is 1.21. The highest BCUT2D eigenvalue weighted by Crippen LogP contribution is 2.49. The molecule has 10 aromatic rings. The monoisotopic (exact) mass is 669 g/mol. The molecule has 0 atom stereocenters. The molecule has 0 amide bonds. The predicted molar refractivity (Wildman–Crippen MR) is 218 cm³/mol. The third-order valence-electron chi connectivity index (χ3n) is 9.90. The predicted octanol–water partition coefficient (Wildman–Crippen LogP) is 14.4. The van der Waals surface area contributed by atoms with Gasteiger partial charge in [0.1, 0.15) is 11.2 Å². The van der Waals surface area contributed by atoms with Gasteiger partial charge in [0.25, 0.3) is 0 Å². The van der Waals surface area contributed by atoms with E-state index in [1.165, 1.54) is 53.6 Å². The summed E-state index contributed by atoms with van der Waals surface area (Å²) in [4.78, 5) is 2.43. The first-order chi connectivity index (χ1) is 25.3. The van der Waals surface area contributed by atoms with Crippen molar-refractivity contribution in [3.63, 3.8) is 0 Å². The lowest BCUT2D eigenvalue weighted by molar-refractivity contribution is 0.669. The van der Waals surface area contributed by atoms with Gasteiger partial charge in [0, 0.05) is 26.5 Å². The number of thiophene rings is 1. The van der Waals surface area contributed by atoms with Gasteiger partial charge < -0.3 is 9.32 Å². The van der Waals surface area contributed by atoms with E-state index in [0.717, 1.165) is 39.0 Å². The van der Waals surface area contributed by atoms with Crippen LogP contribution in [0.4, 0.5) is 17.1 Å². The molecule has 240 valence electrons. The molecular weight excluding hydrogens is 639 g/mol. The number of nitrogens with zero attached hydrogens (tertiary/aromatic N) is 1. The molecule has 2 heterocycles. The fourth-order valence-electron chi connectivity index (χ4n) is 7.57. The van der Waals surface area contributed by atoms with Gasteiger partial charge in [-0.3, -0.25) is 0 Å². The summed E-state index contributed by atoms with van der Waals surface area (Å²) in [5.41, 5.74) is 12.4. The molecular formula is C48H31NOS. The largest absolute Gasteiger partial charge is 0.456 e. The third-order valence-corrected chi connectivity index (χ3v) is 11.2. The molecule has 10 rings (SSSR count). The summed E-state index contributed by atoms with van der Waals surface area (Å²) in [6.07, 6.45) is 0. The SMILES string of the molecule is c1ccc(-c2ccccc2-c2ccc(N(c3cccc4c3sc3c(-c5ccccc5)cccc34)c3cccc4oc5ccccc5c34)cc2)cc1. The molecule has 0 aliphatic heterocycles. The van der Waals surface area contributed by atoms with Gasteiger partial charge in [0.05, 0.1) is 21.5 Å². The van der Waals surface area contributed by atoms with E-state index in [-0.39, 0.29) is 0 Å². The van der Waals surface area contributed by atoms with Crippen molar-refractivity contribution in [1.82, 2.24) is 0 Å². The summed E-state index contributed by atoms with van der Waals surface area (Å²) in [7, 11) is 0. The molecule has 0 N–H and O–H groups in total. The normalized spacial score (nSPS) is 11.5. The standard InChI is InChI=1S/C48H31NOS/c1-3-14-32(15-4-1)36-18-7-8-19-37(36)34-28-30-35(31-29-34)49(42-24-13-27-45-46(42)41-20-9-10-26-44(41)50-45)43-25-12-23-40-39-22-11-21-38(47(39)51-48(40)43)33-16-5-2-6-17-33/h1-31H. The Morgan fingerprint density at radius 1 is 0.353 bits per heavy atom. The number of hydrogen-bond acceptors (Lipinski definition) is 3. The van der Waals surface area contributed by atoms with Gasteiger partial charge in [-0.2, -0.15) is 0 Å². The first-order valence-corrected chi connectivity index (χ1v) is 18.1. The summed E-state index contributed by atoms with van der Waals surface area (Å²) in [5, 5.41) is 4.75. The Bertz CT molecular complexity index is 2850. The minimum absolute atomic E-state index is 0.877. The van der Waals surface area contributed by atoms with Crippen LogP contribution in [0.1, 0.15) is 0 Å². The van der Waals surface area contributed by atoms with Gasteiger partial charge in [-0.05, 0) is 69.8 Å². The Kier molecular flexibility index (Phi) is 7.04. The number of para-hydroxylation sites is 1. The smallest absolute Gasteiger partial charge is 0.137 e. The molecule has 0 saturated heterocycles. The van der Waals surface area contributed by atoms with Gasteiger partial charge in [-0.1, -0.05) is 152 Å². The summed E-state index contributed by atoms with van der Waals surface area (Å²) >= 11 is 1.87. The molecule has 2 aromatic heterocycles. The van der Waals surface area contributed by atoms with E-state index in [9.17, 15) is 0 Å². The van der Waals surface area contributed by atoms with Gasteiger partial charge in [0.2, 0.25) is 0 Å². The second kappa shape index (κ2) is 12.2. The van der Waals surface area contributed by atoms with Crippen LogP contribution in [-0.4, -0.2) is 0 Å². The zero-order chi connectivity index (χ0) is 33.7. The Morgan fingerprint density at radius 2 is 0.863 bits per heavy atom. The first-order valence-electron chi connectivity index (χ1n) is 17.3. The number of furan rings is 1. The molecule has 0 radical (unpaired) electrons. The quantitative estimate of drug-likeness (QED) is 0.175. The Labute approximate surface area is 300 Å². The fraction of sp³-hybridized carbons (Fsp3) is 0. The van der Waals surface area contributed by atoms with Crippen LogP contribution in [0.5, 0.6) is 0 Å². The molecule has 0 spiro atoms. The van der Waals surface area contributed by atoms with Gasteiger partial charge in [-0.25, -0.2) is 0 Å². The van der Waals surface area contributed by atoms with Crippen molar-refractivity contribution in [1.29, 1.82) is 0 Å². The highest BCUT2D eigenvalue weighted by Gasteiger charge is 2.23. The van der Waals surface area contributed by atoms with E-state index in [1.807, 2.05) is 17.4 Å². The topological polar surface area (TPSA) is 16.4 Å². The second-order valence-corrected chi connectivity index (χ2v) is 13.9. The maximum absolute atomic E-state index is 6.42. The van der Waals surface area contributed by atoms with Crippen molar-refractivity contribution in [2.24, 2.45) is 0 Å². The maximum atomic E-state index is 6.42. The molecule has 0 bridgehead atoms. The van der Waals surface area contributed by atoms with Crippen molar-refractivity contribution >= 4 is 70.5 Å². The Hall–Kier alpha value is -6.42. The maximum Gasteiger partial charge on any atom is 0.137 e. The Morgan fingerprint density at radius 3 is 1.61 bits per heavy atom. The van der Waals surface area contributed by atoms with E-state index in [4.69, 9.17) is 4.42 Å². The van der Waals surface area contributed by atoms with Crippen LogP contribution in [-0.2, 0) is 0 Å². The lowest BCUT2D eigenvalue weighted by Gasteiger charge is -2.27. The highest BCUT2D eigenvalue weighted by molar-refractivity contribution is 7.27. The summed E-state index contributed by atoms with van der Waals surface area (Å²) in [6, 6.07) is 67.3. The number of fused-ring (bicyclic) bond motifs is 6. The first kappa shape index (κ1) is 29.5. The van der Waals surface area contributed by atoms with Crippen molar-refractivity contribution in [3.8, 4) is 33.4 Å². The molecule has 0 saturated carbocycles. The second-order valence-electron chi connectivity index (χ2n) is 12.8. The fourth-order valence-corrected chi connectivity index (χ4v) is 8.91. The lowest BCUT2D eigenvalue weighted by Crippen LogP contribution is -2.10. The van der Waals surface area contributed by atoms with Gasteiger partial charge in [0.15, 0.2) is 0 Å². The van der Waals surface area contributed by atoms with Gasteiger partial charge >= 0.3 is 0 Å². The molecule has 0 fully saturated rings. The molecule has 3 heteroatoms. The highest BCUT2D eigenvalue weighted by atomic mass is 32.1. The number of rotatable bonds is 6. The van der Waals surface area contributed by atoms with Crippen molar-refractivity contribution in [2.45, 2.75) is 0 Å². The average Bonchev–Trinajstić information content (AvgIpc) is 3.79. The van der Waals surface area contributed by atoms with Crippen molar-refractivity contribution in [2.75, 3.05) is 4.90 Å². The molecule has 2 nitrogen and oxygen atoms in total.